The van der Waals surface area contributed by atoms with E-state index in [1.807, 2.05) is 6.92 Å². The van der Waals surface area contributed by atoms with Crippen LogP contribution in [0.3, 0.4) is 0 Å². The zero-order chi connectivity index (χ0) is 20.9. The summed E-state index contributed by atoms with van der Waals surface area (Å²) in [6.07, 6.45) is 4.36. The van der Waals surface area contributed by atoms with Crippen LogP contribution in [0.15, 0.2) is 54.3 Å². The van der Waals surface area contributed by atoms with Crippen LogP contribution in [0, 0.1) is 25.2 Å². The molecule has 1 rings (SSSR count). The highest BCUT2D eigenvalue weighted by atomic mass is 16.3. The van der Waals surface area contributed by atoms with E-state index in [0.29, 0.717) is 16.8 Å². The van der Waals surface area contributed by atoms with Gasteiger partial charge in [0.05, 0.1) is 0 Å². The van der Waals surface area contributed by atoms with Crippen molar-refractivity contribution in [3.63, 3.8) is 0 Å². The number of allylic oxidation sites excluding steroid dienone is 3. The molecule has 0 saturated carbocycles. The third-order valence-electron chi connectivity index (χ3n) is 5.57. The molecule has 3 heteroatoms. The maximum atomic E-state index is 9.72. The minimum absolute atomic E-state index is 0.0230. The molecule has 0 aliphatic carbocycles. The lowest BCUT2D eigenvalue weighted by Gasteiger charge is -2.30. The van der Waals surface area contributed by atoms with Gasteiger partial charge in [0.25, 0.3) is 0 Å². The Balaban J connectivity index is 3.38. The van der Waals surface area contributed by atoms with E-state index in [0.717, 1.165) is 17.5 Å². The Labute approximate surface area is 164 Å². The summed E-state index contributed by atoms with van der Waals surface area (Å²) in [5.41, 5.74) is 12.6. The van der Waals surface area contributed by atoms with Crippen molar-refractivity contribution in [2.45, 2.75) is 48.0 Å². The fourth-order valence-corrected chi connectivity index (χ4v) is 2.96. The summed E-state index contributed by atoms with van der Waals surface area (Å²) in [5, 5.41) is 19.4. The number of hydrogen-bond acceptors (Lipinski definition) is 3. The summed E-state index contributed by atoms with van der Waals surface area (Å²) in [6, 6.07) is 4.28. The second-order valence-corrected chi connectivity index (χ2v) is 8.12. The third kappa shape index (κ3) is 5.61. The Kier molecular flexibility index (Phi) is 7.67. The molecule has 0 spiro atoms. The summed E-state index contributed by atoms with van der Waals surface area (Å²) in [4.78, 5) is 0. The minimum Gasteiger partial charge on any atom is -0.508 e. The lowest BCUT2D eigenvalue weighted by atomic mass is 9.76. The first-order valence-electron chi connectivity index (χ1n) is 9.37. The van der Waals surface area contributed by atoms with Crippen LogP contribution in [0.2, 0.25) is 0 Å². The summed E-state index contributed by atoms with van der Waals surface area (Å²) < 4.78 is 0. The second kappa shape index (κ2) is 9.09. The van der Waals surface area contributed by atoms with E-state index in [4.69, 9.17) is 5.73 Å². The van der Waals surface area contributed by atoms with E-state index >= 15 is 0 Å². The topological polar surface area (TPSA) is 66.5 Å². The first-order chi connectivity index (χ1) is 12.4. The van der Waals surface area contributed by atoms with E-state index < -0.39 is 0 Å². The molecule has 3 nitrogen and oxygen atoms in total. The molecule has 0 aliphatic heterocycles. The van der Waals surface area contributed by atoms with Crippen molar-refractivity contribution in [2.75, 3.05) is 6.61 Å². The number of aryl methyl sites for hydroxylation is 2. The molecule has 0 heterocycles. The number of aliphatic hydroxyl groups excluding tert-OH is 2. The normalized spacial score (nSPS) is 14.2. The van der Waals surface area contributed by atoms with Crippen LogP contribution in [0.4, 0.5) is 0 Å². The lowest BCUT2D eigenvalue weighted by molar-refractivity contribution is 0.105. The van der Waals surface area contributed by atoms with Crippen molar-refractivity contribution < 1.29 is 10.2 Å². The van der Waals surface area contributed by atoms with Crippen LogP contribution >= 0.6 is 0 Å². The molecule has 1 aromatic rings. The van der Waals surface area contributed by atoms with Crippen molar-refractivity contribution in [3.05, 3.63) is 76.6 Å². The highest BCUT2D eigenvalue weighted by Crippen LogP contribution is 2.32. The Morgan fingerprint density at radius 3 is 2.26 bits per heavy atom. The van der Waals surface area contributed by atoms with E-state index in [1.54, 1.807) is 12.2 Å². The molecule has 0 saturated heterocycles. The largest absolute Gasteiger partial charge is 0.508 e. The quantitative estimate of drug-likeness (QED) is 0.426. The van der Waals surface area contributed by atoms with Crippen molar-refractivity contribution in [1.29, 1.82) is 0 Å². The zero-order valence-corrected chi connectivity index (χ0v) is 17.7. The maximum absolute atomic E-state index is 9.72. The number of rotatable bonds is 8. The summed E-state index contributed by atoms with van der Waals surface area (Å²) in [6.45, 7) is 20.0. The van der Waals surface area contributed by atoms with Crippen LogP contribution in [-0.2, 0) is 6.42 Å². The predicted octanol–water partition coefficient (Wildman–Crippen LogP) is 5.37. The van der Waals surface area contributed by atoms with E-state index in [-0.39, 0.29) is 23.7 Å². The van der Waals surface area contributed by atoms with Gasteiger partial charge >= 0.3 is 0 Å². The molecule has 4 N–H and O–H groups in total. The monoisotopic (exact) mass is 369 g/mol. The van der Waals surface area contributed by atoms with Crippen LogP contribution in [-0.4, -0.2) is 16.8 Å². The van der Waals surface area contributed by atoms with Gasteiger partial charge in [-0.05, 0) is 72.9 Å². The van der Waals surface area contributed by atoms with E-state index in [2.05, 4.69) is 59.9 Å². The Morgan fingerprint density at radius 1 is 1.22 bits per heavy atom. The molecule has 0 radical (unpaired) electrons. The molecular formula is C24H35NO2. The molecule has 0 fully saturated rings. The van der Waals surface area contributed by atoms with Gasteiger partial charge in [-0.1, -0.05) is 46.1 Å². The second-order valence-electron chi connectivity index (χ2n) is 8.12. The van der Waals surface area contributed by atoms with Gasteiger partial charge in [-0.15, -0.1) is 0 Å². The first-order valence-corrected chi connectivity index (χ1v) is 9.37. The molecule has 27 heavy (non-hydrogen) atoms. The Bertz CT molecular complexity index is 782. The third-order valence-corrected chi connectivity index (χ3v) is 5.57. The average molecular weight is 370 g/mol. The molecule has 1 atom stereocenters. The Hall–Kier alpha value is -2.26. The highest BCUT2D eigenvalue weighted by molar-refractivity contribution is 5.71. The molecule has 0 amide bonds. The van der Waals surface area contributed by atoms with Crippen LogP contribution in [0.5, 0.6) is 0 Å². The number of benzene rings is 1. The summed E-state index contributed by atoms with van der Waals surface area (Å²) >= 11 is 0. The molecule has 1 aromatic carbocycles. The van der Waals surface area contributed by atoms with Gasteiger partial charge in [0.1, 0.15) is 5.76 Å². The van der Waals surface area contributed by atoms with Crippen molar-refractivity contribution in [2.24, 2.45) is 17.1 Å². The van der Waals surface area contributed by atoms with Gasteiger partial charge in [0.2, 0.25) is 0 Å². The van der Waals surface area contributed by atoms with E-state index in [1.165, 1.54) is 11.1 Å². The predicted molar refractivity (Wildman–Crippen MR) is 116 cm³/mol. The standard InChI is InChI=1S/C24H35NO2/c1-9-21(19(6)27)17(4)12-23(25)22-11-16(3)15(2)10-20(22)13-18(5)24(7,8)14-26/h9-12,18,26-27H,4,6,13-14,25H2,1-3,5,7-8H3/b21-9+,23-12-. The van der Waals surface area contributed by atoms with Gasteiger partial charge in [-0.2, -0.15) is 0 Å². The maximum Gasteiger partial charge on any atom is 0.115 e. The minimum atomic E-state index is -0.176. The van der Waals surface area contributed by atoms with Crippen molar-refractivity contribution in [3.8, 4) is 0 Å². The van der Waals surface area contributed by atoms with Crippen LogP contribution in [0.25, 0.3) is 5.70 Å². The van der Waals surface area contributed by atoms with Crippen LogP contribution in [0.1, 0.15) is 49.9 Å². The fraction of sp³-hybridized carbons (Fsp3) is 0.417. The molecule has 1 unspecified atom stereocenters. The zero-order valence-electron chi connectivity index (χ0n) is 17.7. The van der Waals surface area contributed by atoms with Gasteiger partial charge in [-0.3, -0.25) is 0 Å². The average Bonchev–Trinajstić information content (AvgIpc) is 2.57. The smallest absolute Gasteiger partial charge is 0.115 e. The van der Waals surface area contributed by atoms with Gasteiger partial charge in [-0.25, -0.2) is 0 Å². The fourth-order valence-electron chi connectivity index (χ4n) is 2.96. The van der Waals surface area contributed by atoms with Crippen molar-refractivity contribution >= 4 is 5.70 Å². The number of aliphatic hydroxyl groups is 2. The molecular weight excluding hydrogens is 334 g/mol. The number of hydrogen-bond donors (Lipinski definition) is 3. The number of nitrogens with two attached hydrogens (primary N) is 1. The van der Waals surface area contributed by atoms with Crippen molar-refractivity contribution in [1.82, 2.24) is 0 Å². The lowest BCUT2D eigenvalue weighted by Crippen LogP contribution is -2.27. The highest BCUT2D eigenvalue weighted by Gasteiger charge is 2.26. The molecule has 0 aliphatic rings. The van der Waals surface area contributed by atoms with E-state index in [9.17, 15) is 10.2 Å². The summed E-state index contributed by atoms with van der Waals surface area (Å²) in [7, 11) is 0. The first kappa shape index (κ1) is 22.8. The summed E-state index contributed by atoms with van der Waals surface area (Å²) in [5.74, 6) is 0.257. The van der Waals surface area contributed by atoms with Gasteiger partial charge in [0, 0.05) is 23.4 Å². The van der Waals surface area contributed by atoms with Crippen LogP contribution < -0.4 is 5.73 Å². The molecule has 0 aromatic heterocycles. The molecule has 0 bridgehead atoms. The Morgan fingerprint density at radius 2 is 1.78 bits per heavy atom. The van der Waals surface area contributed by atoms with Gasteiger partial charge < -0.3 is 15.9 Å². The van der Waals surface area contributed by atoms with Gasteiger partial charge in [0.15, 0.2) is 0 Å². The molecule has 148 valence electrons. The SMILES string of the molecule is C=C(O)/C(=C/C)C(=C)/C=C(\N)c1cc(C)c(C)cc1CC(C)C(C)(C)CO.